The number of amides is 2. The van der Waals surface area contributed by atoms with Gasteiger partial charge in [-0.15, -0.1) is 0 Å². The van der Waals surface area contributed by atoms with Crippen LogP contribution in [0.5, 0.6) is 0 Å². The van der Waals surface area contributed by atoms with E-state index in [4.69, 9.17) is 0 Å². The van der Waals surface area contributed by atoms with Crippen molar-refractivity contribution < 1.29 is 22.8 Å². The van der Waals surface area contributed by atoms with Gasteiger partial charge in [0.2, 0.25) is 11.8 Å². The summed E-state index contributed by atoms with van der Waals surface area (Å²) in [5.74, 6) is -0.984. The lowest BCUT2D eigenvalue weighted by molar-refractivity contribution is -0.137. The maximum Gasteiger partial charge on any atom is 0.418 e. The number of para-hydroxylation sites is 1. The minimum Gasteiger partial charge on any atom is -0.353 e. The molecule has 1 aliphatic rings. The summed E-state index contributed by atoms with van der Waals surface area (Å²) in [6.45, 7) is 0.983. The van der Waals surface area contributed by atoms with Gasteiger partial charge in [-0.3, -0.25) is 9.59 Å². The molecule has 1 aromatic carbocycles. The Morgan fingerprint density at radius 2 is 2.00 bits per heavy atom. The van der Waals surface area contributed by atoms with Crippen LogP contribution in [0.1, 0.15) is 12.0 Å². The van der Waals surface area contributed by atoms with Crippen molar-refractivity contribution in [1.82, 2.24) is 10.6 Å². The normalized spacial score (nSPS) is 19.0. The van der Waals surface area contributed by atoms with Crippen molar-refractivity contribution in [1.29, 1.82) is 0 Å². The Morgan fingerprint density at radius 1 is 1.29 bits per heavy atom. The van der Waals surface area contributed by atoms with Gasteiger partial charge < -0.3 is 16.0 Å². The number of carbonyl (C=O) groups is 2. The van der Waals surface area contributed by atoms with Crippen LogP contribution < -0.4 is 16.0 Å². The van der Waals surface area contributed by atoms with Gasteiger partial charge in [0.25, 0.3) is 0 Å². The smallest absolute Gasteiger partial charge is 0.353 e. The Morgan fingerprint density at radius 3 is 2.67 bits per heavy atom. The molecule has 0 bridgehead atoms. The van der Waals surface area contributed by atoms with Crippen LogP contribution in [0.2, 0.25) is 0 Å². The fraction of sp³-hybridized carbons (Fsp3) is 0.385. The third kappa shape index (κ3) is 3.94. The molecule has 1 fully saturated rings. The summed E-state index contributed by atoms with van der Waals surface area (Å²) in [7, 11) is 0. The van der Waals surface area contributed by atoms with Gasteiger partial charge >= 0.3 is 6.18 Å². The minimum absolute atomic E-state index is 0.224. The molecule has 0 spiro atoms. The van der Waals surface area contributed by atoms with Gasteiger partial charge in [-0.1, -0.05) is 12.1 Å². The fourth-order valence-electron chi connectivity index (χ4n) is 2.04. The van der Waals surface area contributed by atoms with Gasteiger partial charge in [-0.2, -0.15) is 13.2 Å². The van der Waals surface area contributed by atoms with Gasteiger partial charge in [-0.05, 0) is 12.1 Å². The molecule has 1 aliphatic heterocycles. The summed E-state index contributed by atoms with van der Waals surface area (Å²) in [6.07, 6.45) is -4.78. The first-order valence-electron chi connectivity index (χ1n) is 6.35. The van der Waals surface area contributed by atoms with Crippen LogP contribution in [0.15, 0.2) is 24.3 Å². The number of alkyl halides is 3. The summed E-state index contributed by atoms with van der Waals surface area (Å²) >= 11 is 0. The molecule has 1 saturated heterocycles. The summed E-state index contributed by atoms with van der Waals surface area (Å²) in [6, 6.07) is 3.98. The standard InChI is InChI=1S/C13H14F3N3O2/c14-13(15,16)8-3-1-2-4-9(8)19-11(20)7-10-12(21)18-6-5-17-10/h1-4,10,17H,5-7H2,(H,18,21)(H,19,20)/t10-/m0/s1. The molecule has 2 rings (SSSR count). The van der Waals surface area contributed by atoms with E-state index in [2.05, 4.69) is 16.0 Å². The highest BCUT2D eigenvalue weighted by Gasteiger charge is 2.34. The lowest BCUT2D eigenvalue weighted by Gasteiger charge is -2.23. The molecule has 0 aliphatic carbocycles. The van der Waals surface area contributed by atoms with E-state index in [1.165, 1.54) is 18.2 Å². The summed E-state index contributed by atoms with van der Waals surface area (Å²) < 4.78 is 38.4. The second kappa shape index (κ2) is 6.13. The van der Waals surface area contributed by atoms with Crippen LogP contribution in [0, 0.1) is 0 Å². The maximum atomic E-state index is 12.8. The average Bonchev–Trinajstić information content (AvgIpc) is 2.41. The zero-order valence-electron chi connectivity index (χ0n) is 11.0. The van der Waals surface area contributed by atoms with Crippen LogP contribution in [0.25, 0.3) is 0 Å². The number of hydrogen-bond donors (Lipinski definition) is 3. The summed E-state index contributed by atoms with van der Waals surface area (Å²) in [5.41, 5.74) is -1.23. The summed E-state index contributed by atoms with van der Waals surface area (Å²) in [5, 5.41) is 7.62. The molecule has 0 radical (unpaired) electrons. The molecule has 1 aromatic rings. The number of carbonyl (C=O) groups excluding carboxylic acids is 2. The van der Waals surface area contributed by atoms with Gasteiger partial charge in [0.05, 0.1) is 23.7 Å². The van der Waals surface area contributed by atoms with Crippen molar-refractivity contribution >= 4 is 17.5 Å². The molecule has 0 saturated carbocycles. The average molecular weight is 301 g/mol. The highest BCUT2D eigenvalue weighted by atomic mass is 19.4. The van der Waals surface area contributed by atoms with Crippen LogP contribution in [0.4, 0.5) is 18.9 Å². The molecule has 2 amide bonds. The third-order valence-electron chi connectivity index (χ3n) is 3.03. The van der Waals surface area contributed by atoms with Gasteiger partial charge in [0.1, 0.15) is 0 Å². The van der Waals surface area contributed by atoms with Crippen LogP contribution in [-0.4, -0.2) is 30.9 Å². The Kier molecular flexibility index (Phi) is 4.46. The Hall–Kier alpha value is -2.09. The number of rotatable bonds is 3. The molecule has 21 heavy (non-hydrogen) atoms. The Labute approximate surface area is 118 Å². The Balaban J connectivity index is 2.05. The molecule has 3 N–H and O–H groups in total. The molecule has 5 nitrogen and oxygen atoms in total. The van der Waals surface area contributed by atoms with Crippen molar-refractivity contribution in [2.24, 2.45) is 0 Å². The molecule has 8 heteroatoms. The fourth-order valence-corrected chi connectivity index (χ4v) is 2.04. The molecular weight excluding hydrogens is 287 g/mol. The third-order valence-corrected chi connectivity index (χ3v) is 3.03. The second-order valence-electron chi connectivity index (χ2n) is 4.59. The van der Waals surface area contributed by atoms with Gasteiger partial charge in [-0.25, -0.2) is 0 Å². The minimum atomic E-state index is -4.55. The largest absolute Gasteiger partial charge is 0.418 e. The van der Waals surface area contributed by atoms with Gasteiger partial charge in [0.15, 0.2) is 0 Å². The van der Waals surface area contributed by atoms with Crippen molar-refractivity contribution in [3.63, 3.8) is 0 Å². The van der Waals surface area contributed by atoms with Crippen molar-refractivity contribution in [3.8, 4) is 0 Å². The molecule has 1 heterocycles. The highest BCUT2D eigenvalue weighted by molar-refractivity contribution is 5.96. The van der Waals surface area contributed by atoms with E-state index in [1.54, 1.807) is 0 Å². The van der Waals surface area contributed by atoms with E-state index < -0.39 is 23.7 Å². The van der Waals surface area contributed by atoms with Crippen LogP contribution >= 0.6 is 0 Å². The number of anilines is 1. The van der Waals surface area contributed by atoms with Gasteiger partial charge in [0, 0.05) is 13.1 Å². The number of hydrogen-bond acceptors (Lipinski definition) is 3. The summed E-state index contributed by atoms with van der Waals surface area (Å²) in [4.78, 5) is 23.3. The SMILES string of the molecule is O=C(C[C@@H]1NCCNC1=O)Nc1ccccc1C(F)(F)F. The monoisotopic (exact) mass is 301 g/mol. The van der Waals surface area contributed by atoms with Crippen molar-refractivity contribution in [3.05, 3.63) is 29.8 Å². The highest BCUT2D eigenvalue weighted by Crippen LogP contribution is 2.34. The maximum absolute atomic E-state index is 12.8. The van der Waals surface area contributed by atoms with Crippen LogP contribution in [0.3, 0.4) is 0 Å². The quantitative estimate of drug-likeness (QED) is 0.783. The van der Waals surface area contributed by atoms with E-state index in [0.717, 1.165) is 6.07 Å². The first kappa shape index (κ1) is 15.3. The predicted molar refractivity (Wildman–Crippen MR) is 69.5 cm³/mol. The number of benzene rings is 1. The first-order valence-corrected chi connectivity index (χ1v) is 6.35. The van der Waals surface area contributed by atoms with E-state index >= 15 is 0 Å². The van der Waals surface area contributed by atoms with E-state index in [0.29, 0.717) is 13.1 Å². The lowest BCUT2D eigenvalue weighted by Crippen LogP contribution is -2.53. The topological polar surface area (TPSA) is 70.2 Å². The zero-order chi connectivity index (χ0) is 15.5. The van der Waals surface area contributed by atoms with Crippen molar-refractivity contribution in [2.75, 3.05) is 18.4 Å². The van der Waals surface area contributed by atoms with E-state index in [-0.39, 0.29) is 18.0 Å². The number of piperazine rings is 1. The van der Waals surface area contributed by atoms with Crippen molar-refractivity contribution in [2.45, 2.75) is 18.6 Å². The molecule has 0 aromatic heterocycles. The molecule has 1 atom stereocenters. The number of nitrogens with one attached hydrogen (secondary N) is 3. The van der Waals surface area contributed by atoms with E-state index in [9.17, 15) is 22.8 Å². The first-order chi connectivity index (χ1) is 9.88. The lowest BCUT2D eigenvalue weighted by atomic mass is 10.1. The predicted octanol–water partition coefficient (Wildman–Crippen LogP) is 1.12. The molecule has 0 unspecified atom stereocenters. The zero-order valence-corrected chi connectivity index (χ0v) is 11.0. The number of halogens is 3. The van der Waals surface area contributed by atoms with E-state index in [1.807, 2.05) is 0 Å². The van der Waals surface area contributed by atoms with Crippen LogP contribution in [-0.2, 0) is 15.8 Å². The second-order valence-corrected chi connectivity index (χ2v) is 4.59. The molecular formula is C13H14F3N3O2. The Bertz CT molecular complexity index is 546. The molecule has 114 valence electrons.